The van der Waals surface area contributed by atoms with E-state index in [1.165, 1.54) is 31.2 Å². The summed E-state index contributed by atoms with van der Waals surface area (Å²) in [5.74, 6) is 1.80. The average Bonchev–Trinajstić information content (AvgIpc) is 2.37. The van der Waals surface area contributed by atoms with Gasteiger partial charge in [-0.2, -0.15) is 0 Å². The molecule has 18 heavy (non-hydrogen) atoms. The van der Waals surface area contributed by atoms with Gasteiger partial charge in [-0.1, -0.05) is 47.3 Å². The summed E-state index contributed by atoms with van der Waals surface area (Å²) < 4.78 is 11.1. The molecule has 1 unspecified atom stereocenters. The van der Waals surface area contributed by atoms with Gasteiger partial charge in [0.15, 0.2) is 0 Å². The summed E-state index contributed by atoms with van der Waals surface area (Å²) in [7, 11) is 1.69. The summed E-state index contributed by atoms with van der Waals surface area (Å²) in [6.07, 6.45) is 5.55. The number of alkyl halides is 1. The van der Waals surface area contributed by atoms with Gasteiger partial charge in [-0.25, -0.2) is 0 Å². The number of methoxy groups -OCH3 is 1. The van der Waals surface area contributed by atoms with Gasteiger partial charge in [-0.3, -0.25) is 0 Å². The predicted octanol–water partition coefficient (Wildman–Crippen LogP) is 4.34. The van der Waals surface area contributed by atoms with E-state index in [0.29, 0.717) is 0 Å². The number of hydrogen-bond donors (Lipinski definition) is 0. The second kappa shape index (κ2) is 7.15. The van der Waals surface area contributed by atoms with Crippen molar-refractivity contribution in [3.05, 3.63) is 29.8 Å². The van der Waals surface area contributed by atoms with E-state index in [9.17, 15) is 0 Å². The van der Waals surface area contributed by atoms with Crippen LogP contribution >= 0.6 is 15.9 Å². The number of rotatable bonds is 7. The van der Waals surface area contributed by atoms with Crippen LogP contribution in [0.3, 0.4) is 0 Å². The molecule has 0 spiro atoms. The van der Waals surface area contributed by atoms with Crippen LogP contribution < -0.4 is 4.74 Å². The quantitative estimate of drug-likeness (QED) is 0.697. The molecule has 1 aliphatic rings. The standard InChI is InChI=1S/C15H21BrO2/c1-17-14-7-5-13(6-8-14)15(11-16)18-10-9-12-3-2-4-12/h5-8,12,15H,2-4,9-11H2,1H3. The van der Waals surface area contributed by atoms with Crippen LogP contribution in [0.5, 0.6) is 5.75 Å². The van der Waals surface area contributed by atoms with Crippen molar-refractivity contribution in [2.75, 3.05) is 19.0 Å². The highest BCUT2D eigenvalue weighted by molar-refractivity contribution is 9.09. The Kier molecular flexibility index (Phi) is 5.51. The van der Waals surface area contributed by atoms with Crippen molar-refractivity contribution in [3.63, 3.8) is 0 Å². The molecule has 1 aromatic carbocycles. The molecule has 1 aliphatic carbocycles. The molecular weight excluding hydrogens is 292 g/mol. The van der Waals surface area contributed by atoms with Gasteiger partial charge in [0.25, 0.3) is 0 Å². The molecule has 0 heterocycles. The molecule has 1 aromatic rings. The Morgan fingerprint density at radius 1 is 1.28 bits per heavy atom. The highest BCUT2D eigenvalue weighted by atomic mass is 79.9. The molecule has 0 saturated heterocycles. The minimum absolute atomic E-state index is 0.149. The fourth-order valence-corrected chi connectivity index (χ4v) is 2.77. The predicted molar refractivity (Wildman–Crippen MR) is 77.4 cm³/mol. The molecule has 2 nitrogen and oxygen atoms in total. The Labute approximate surface area is 118 Å². The van der Waals surface area contributed by atoms with Crippen molar-refractivity contribution in [1.82, 2.24) is 0 Å². The second-order valence-electron chi connectivity index (χ2n) is 4.87. The van der Waals surface area contributed by atoms with E-state index in [-0.39, 0.29) is 6.10 Å². The Morgan fingerprint density at radius 2 is 2.00 bits per heavy atom. The molecule has 0 amide bonds. The topological polar surface area (TPSA) is 18.5 Å². The molecule has 1 fully saturated rings. The van der Waals surface area contributed by atoms with Crippen LogP contribution in [0.25, 0.3) is 0 Å². The normalized spacial score (nSPS) is 17.2. The maximum Gasteiger partial charge on any atom is 0.118 e. The number of halogens is 1. The van der Waals surface area contributed by atoms with E-state index in [4.69, 9.17) is 9.47 Å². The fraction of sp³-hybridized carbons (Fsp3) is 0.600. The Morgan fingerprint density at radius 3 is 2.50 bits per heavy atom. The Hall–Kier alpha value is -0.540. The van der Waals surface area contributed by atoms with Gasteiger partial charge < -0.3 is 9.47 Å². The van der Waals surface area contributed by atoms with Crippen molar-refractivity contribution in [2.24, 2.45) is 5.92 Å². The first-order valence-electron chi connectivity index (χ1n) is 6.65. The van der Waals surface area contributed by atoms with Crippen molar-refractivity contribution in [3.8, 4) is 5.75 Å². The third-order valence-electron chi connectivity index (χ3n) is 3.70. The minimum Gasteiger partial charge on any atom is -0.497 e. The number of ether oxygens (including phenoxy) is 2. The summed E-state index contributed by atoms with van der Waals surface area (Å²) in [4.78, 5) is 0. The molecule has 0 aromatic heterocycles. The summed E-state index contributed by atoms with van der Waals surface area (Å²) in [6.45, 7) is 0.868. The molecule has 2 rings (SSSR count). The monoisotopic (exact) mass is 312 g/mol. The second-order valence-corrected chi connectivity index (χ2v) is 5.52. The van der Waals surface area contributed by atoms with Gasteiger partial charge in [-0.15, -0.1) is 0 Å². The van der Waals surface area contributed by atoms with Crippen LogP contribution in [0.4, 0.5) is 0 Å². The molecular formula is C15H21BrO2. The van der Waals surface area contributed by atoms with Gasteiger partial charge in [0.1, 0.15) is 5.75 Å². The highest BCUT2D eigenvalue weighted by Gasteiger charge is 2.18. The first kappa shape index (κ1) is 13.9. The molecule has 0 aliphatic heterocycles. The zero-order valence-electron chi connectivity index (χ0n) is 10.9. The molecule has 100 valence electrons. The Bertz CT molecular complexity index is 346. The first-order chi connectivity index (χ1) is 8.83. The summed E-state index contributed by atoms with van der Waals surface area (Å²) >= 11 is 3.53. The molecule has 3 heteroatoms. The van der Waals surface area contributed by atoms with Crippen LogP contribution in [0.1, 0.15) is 37.4 Å². The van der Waals surface area contributed by atoms with E-state index >= 15 is 0 Å². The first-order valence-corrected chi connectivity index (χ1v) is 7.77. The third kappa shape index (κ3) is 3.72. The van der Waals surface area contributed by atoms with Crippen molar-refractivity contribution in [2.45, 2.75) is 31.8 Å². The maximum atomic E-state index is 5.97. The van der Waals surface area contributed by atoms with Crippen LogP contribution in [0.2, 0.25) is 0 Å². The van der Waals surface area contributed by atoms with Gasteiger partial charge in [0, 0.05) is 11.9 Å². The molecule has 1 saturated carbocycles. The number of hydrogen-bond acceptors (Lipinski definition) is 2. The van der Waals surface area contributed by atoms with Crippen LogP contribution in [0.15, 0.2) is 24.3 Å². The van der Waals surface area contributed by atoms with Gasteiger partial charge in [0.2, 0.25) is 0 Å². The average molecular weight is 313 g/mol. The van der Waals surface area contributed by atoms with E-state index in [1.54, 1.807) is 7.11 Å². The SMILES string of the molecule is COc1ccc(C(CBr)OCCC2CCC2)cc1. The zero-order valence-corrected chi connectivity index (χ0v) is 12.5. The summed E-state index contributed by atoms with van der Waals surface area (Å²) in [5.41, 5.74) is 1.21. The molecule has 0 bridgehead atoms. The van der Waals surface area contributed by atoms with E-state index < -0.39 is 0 Å². The van der Waals surface area contributed by atoms with Crippen LogP contribution in [0, 0.1) is 5.92 Å². The molecule has 1 atom stereocenters. The molecule has 0 N–H and O–H groups in total. The lowest BCUT2D eigenvalue weighted by molar-refractivity contribution is 0.0521. The van der Waals surface area contributed by atoms with Gasteiger partial charge >= 0.3 is 0 Å². The van der Waals surface area contributed by atoms with Crippen molar-refractivity contribution >= 4 is 15.9 Å². The fourth-order valence-electron chi connectivity index (χ4n) is 2.21. The summed E-state index contributed by atoms with van der Waals surface area (Å²) in [5, 5.41) is 0.837. The van der Waals surface area contributed by atoms with Crippen LogP contribution in [-0.4, -0.2) is 19.0 Å². The Balaban J connectivity index is 1.81. The zero-order chi connectivity index (χ0) is 12.8. The van der Waals surface area contributed by atoms with Crippen molar-refractivity contribution < 1.29 is 9.47 Å². The van der Waals surface area contributed by atoms with E-state index in [2.05, 4.69) is 28.1 Å². The largest absolute Gasteiger partial charge is 0.497 e. The lowest BCUT2D eigenvalue weighted by atomic mass is 9.83. The van der Waals surface area contributed by atoms with Crippen LogP contribution in [-0.2, 0) is 4.74 Å². The lowest BCUT2D eigenvalue weighted by Gasteiger charge is -2.26. The smallest absolute Gasteiger partial charge is 0.118 e. The highest BCUT2D eigenvalue weighted by Crippen LogP contribution is 2.30. The number of benzene rings is 1. The van der Waals surface area contributed by atoms with Gasteiger partial charge in [-0.05, 0) is 30.0 Å². The lowest BCUT2D eigenvalue weighted by Crippen LogP contribution is -2.15. The van der Waals surface area contributed by atoms with E-state index in [0.717, 1.165) is 23.6 Å². The summed E-state index contributed by atoms with van der Waals surface area (Å²) in [6, 6.07) is 8.13. The van der Waals surface area contributed by atoms with Crippen molar-refractivity contribution in [1.29, 1.82) is 0 Å². The maximum absolute atomic E-state index is 5.97. The van der Waals surface area contributed by atoms with Gasteiger partial charge in [0.05, 0.1) is 13.2 Å². The third-order valence-corrected chi connectivity index (χ3v) is 4.29. The molecule has 0 radical (unpaired) electrons. The minimum atomic E-state index is 0.149. The van der Waals surface area contributed by atoms with E-state index in [1.807, 2.05) is 12.1 Å².